The number of hydrogen-bond acceptors (Lipinski definition) is 2. The highest BCUT2D eigenvalue weighted by atomic mass is 32.2. The quantitative estimate of drug-likeness (QED) is 0.774. The summed E-state index contributed by atoms with van der Waals surface area (Å²) < 4.78 is 12.2. The van der Waals surface area contributed by atoms with Crippen LogP contribution in [0.2, 0.25) is 0 Å². The summed E-state index contributed by atoms with van der Waals surface area (Å²) >= 11 is 0. The van der Waals surface area contributed by atoms with Crippen LogP contribution in [0, 0.1) is 28.6 Å². The number of hydrogen-bond donors (Lipinski definition) is 0. The maximum absolute atomic E-state index is 12.2. The molecule has 17 heavy (non-hydrogen) atoms. The first-order valence-corrected chi connectivity index (χ1v) is 8.05. The Kier molecular flexibility index (Phi) is 5.19. The molecule has 1 saturated carbocycles. The zero-order chi connectivity index (χ0) is 13.1. The number of rotatable bonds is 3. The summed E-state index contributed by atoms with van der Waals surface area (Å²) in [6.45, 7) is 8.82. The van der Waals surface area contributed by atoms with Gasteiger partial charge < -0.3 is 0 Å². The lowest BCUT2D eigenvalue weighted by atomic mass is 9.70. The second kappa shape index (κ2) is 6.00. The molecule has 4 unspecified atom stereocenters. The standard InChI is InChI=1S/C14H25NOS/c1-5-8-17(16)13-9-12(14(2,3)4)7-6-11(13)10-15/h11-13H,5-9H2,1-4H3. The van der Waals surface area contributed by atoms with Crippen molar-refractivity contribution in [3.63, 3.8) is 0 Å². The monoisotopic (exact) mass is 255 g/mol. The highest BCUT2D eigenvalue weighted by Crippen LogP contribution is 2.41. The minimum atomic E-state index is -0.814. The van der Waals surface area contributed by atoms with Gasteiger partial charge in [0.1, 0.15) is 0 Å². The van der Waals surface area contributed by atoms with Crippen molar-refractivity contribution in [1.29, 1.82) is 5.26 Å². The molecule has 3 heteroatoms. The predicted octanol–water partition coefficient (Wildman–Crippen LogP) is 3.50. The third kappa shape index (κ3) is 3.81. The summed E-state index contributed by atoms with van der Waals surface area (Å²) in [4.78, 5) is 0. The summed E-state index contributed by atoms with van der Waals surface area (Å²) in [6, 6.07) is 2.37. The minimum absolute atomic E-state index is 0.0148. The summed E-state index contributed by atoms with van der Waals surface area (Å²) in [7, 11) is -0.814. The van der Waals surface area contributed by atoms with E-state index in [4.69, 9.17) is 0 Å². The Morgan fingerprint density at radius 1 is 1.35 bits per heavy atom. The molecule has 1 rings (SSSR count). The van der Waals surface area contributed by atoms with Gasteiger partial charge in [0.25, 0.3) is 0 Å². The number of nitriles is 1. The van der Waals surface area contributed by atoms with Crippen LogP contribution in [0.1, 0.15) is 53.4 Å². The molecule has 0 aromatic rings. The zero-order valence-electron chi connectivity index (χ0n) is 11.5. The van der Waals surface area contributed by atoms with Crippen molar-refractivity contribution < 1.29 is 4.21 Å². The van der Waals surface area contributed by atoms with Gasteiger partial charge in [0.15, 0.2) is 0 Å². The first-order chi connectivity index (χ1) is 7.90. The summed E-state index contributed by atoms with van der Waals surface area (Å²) in [5.41, 5.74) is 0.273. The van der Waals surface area contributed by atoms with E-state index >= 15 is 0 Å². The van der Waals surface area contributed by atoms with Crippen LogP contribution in [0.25, 0.3) is 0 Å². The lowest BCUT2D eigenvalue weighted by Crippen LogP contribution is -2.37. The van der Waals surface area contributed by atoms with E-state index in [0.717, 1.165) is 31.4 Å². The Morgan fingerprint density at radius 3 is 2.47 bits per heavy atom. The summed E-state index contributed by atoms with van der Waals surface area (Å²) in [5.74, 6) is 1.37. The van der Waals surface area contributed by atoms with E-state index in [9.17, 15) is 9.47 Å². The topological polar surface area (TPSA) is 40.9 Å². The smallest absolute Gasteiger partial charge is 0.0668 e. The maximum Gasteiger partial charge on any atom is 0.0668 e. The molecule has 0 aromatic carbocycles. The van der Waals surface area contributed by atoms with Gasteiger partial charge in [-0.25, -0.2) is 0 Å². The molecule has 0 aromatic heterocycles. The molecule has 0 aliphatic heterocycles. The fraction of sp³-hybridized carbons (Fsp3) is 0.929. The van der Waals surface area contributed by atoms with E-state index in [0.29, 0.717) is 5.92 Å². The third-order valence-electron chi connectivity index (χ3n) is 3.93. The van der Waals surface area contributed by atoms with E-state index in [1.807, 2.05) is 0 Å². The van der Waals surface area contributed by atoms with Crippen LogP contribution in [0.4, 0.5) is 0 Å². The Labute approximate surface area is 108 Å². The molecule has 1 aliphatic rings. The van der Waals surface area contributed by atoms with Crippen molar-refractivity contribution in [1.82, 2.24) is 0 Å². The molecule has 0 radical (unpaired) electrons. The molecular formula is C14H25NOS. The second-order valence-electron chi connectivity index (χ2n) is 6.23. The largest absolute Gasteiger partial charge is 0.259 e. The van der Waals surface area contributed by atoms with Crippen molar-refractivity contribution in [2.75, 3.05) is 5.75 Å². The highest BCUT2D eigenvalue weighted by Gasteiger charge is 2.38. The molecule has 0 bridgehead atoms. The van der Waals surface area contributed by atoms with Crippen LogP contribution in [0.5, 0.6) is 0 Å². The lowest BCUT2D eigenvalue weighted by Gasteiger charge is -2.39. The Morgan fingerprint density at radius 2 is 2.00 bits per heavy atom. The minimum Gasteiger partial charge on any atom is -0.259 e. The van der Waals surface area contributed by atoms with Gasteiger partial charge in [0.05, 0.1) is 17.2 Å². The van der Waals surface area contributed by atoms with Crippen LogP contribution < -0.4 is 0 Å². The van der Waals surface area contributed by atoms with Crippen molar-refractivity contribution in [3.8, 4) is 6.07 Å². The van der Waals surface area contributed by atoms with Gasteiger partial charge in [-0.3, -0.25) is 4.21 Å². The van der Waals surface area contributed by atoms with E-state index in [1.54, 1.807) is 0 Å². The van der Waals surface area contributed by atoms with Gasteiger partial charge in [0.2, 0.25) is 0 Å². The van der Waals surface area contributed by atoms with Crippen LogP contribution in [-0.4, -0.2) is 15.2 Å². The lowest BCUT2D eigenvalue weighted by molar-refractivity contribution is 0.167. The average Bonchev–Trinajstić information content (AvgIpc) is 2.27. The van der Waals surface area contributed by atoms with E-state index in [2.05, 4.69) is 33.8 Å². The summed E-state index contributed by atoms with van der Waals surface area (Å²) in [5, 5.41) is 9.29. The van der Waals surface area contributed by atoms with Crippen LogP contribution in [0.15, 0.2) is 0 Å². The number of nitrogens with zero attached hydrogens (tertiary/aromatic N) is 1. The molecular weight excluding hydrogens is 230 g/mol. The first-order valence-electron chi connectivity index (χ1n) is 6.67. The molecule has 1 aliphatic carbocycles. The third-order valence-corrected chi connectivity index (χ3v) is 5.93. The summed E-state index contributed by atoms with van der Waals surface area (Å²) in [6.07, 6.45) is 3.95. The fourth-order valence-electron chi connectivity index (χ4n) is 2.71. The van der Waals surface area contributed by atoms with Crippen molar-refractivity contribution in [3.05, 3.63) is 0 Å². The van der Waals surface area contributed by atoms with Crippen LogP contribution in [0.3, 0.4) is 0 Å². The molecule has 1 fully saturated rings. The van der Waals surface area contributed by atoms with Crippen LogP contribution >= 0.6 is 0 Å². The molecule has 0 N–H and O–H groups in total. The van der Waals surface area contributed by atoms with Crippen molar-refractivity contribution in [2.45, 2.75) is 58.6 Å². The Balaban J connectivity index is 2.76. The van der Waals surface area contributed by atoms with E-state index in [-0.39, 0.29) is 16.6 Å². The normalized spacial score (nSPS) is 31.8. The van der Waals surface area contributed by atoms with Gasteiger partial charge in [-0.2, -0.15) is 5.26 Å². The second-order valence-corrected chi connectivity index (χ2v) is 8.01. The Hall–Kier alpha value is -0.360. The zero-order valence-corrected chi connectivity index (χ0v) is 12.3. The Bertz CT molecular complexity index is 313. The van der Waals surface area contributed by atoms with Crippen molar-refractivity contribution >= 4 is 10.8 Å². The van der Waals surface area contributed by atoms with Gasteiger partial charge in [-0.15, -0.1) is 0 Å². The first kappa shape index (κ1) is 14.7. The van der Waals surface area contributed by atoms with Gasteiger partial charge in [-0.05, 0) is 37.0 Å². The molecule has 0 amide bonds. The van der Waals surface area contributed by atoms with Gasteiger partial charge in [-0.1, -0.05) is 27.7 Å². The molecule has 0 heterocycles. The fourth-order valence-corrected chi connectivity index (χ4v) is 4.42. The molecule has 0 saturated heterocycles. The molecule has 98 valence electrons. The van der Waals surface area contributed by atoms with E-state index < -0.39 is 10.8 Å². The average molecular weight is 255 g/mol. The van der Waals surface area contributed by atoms with Gasteiger partial charge >= 0.3 is 0 Å². The van der Waals surface area contributed by atoms with Gasteiger partial charge in [0, 0.05) is 16.6 Å². The molecule has 0 spiro atoms. The molecule has 2 nitrogen and oxygen atoms in total. The highest BCUT2D eigenvalue weighted by molar-refractivity contribution is 7.85. The molecule has 4 atom stereocenters. The van der Waals surface area contributed by atoms with Crippen LogP contribution in [-0.2, 0) is 10.8 Å². The SMILES string of the molecule is CCCS(=O)C1CC(C(C)(C)C)CCC1C#N. The van der Waals surface area contributed by atoms with Crippen molar-refractivity contribution in [2.24, 2.45) is 17.3 Å². The maximum atomic E-state index is 12.2. The predicted molar refractivity (Wildman–Crippen MR) is 73.0 cm³/mol. The van der Waals surface area contributed by atoms with E-state index in [1.165, 1.54) is 0 Å².